The van der Waals surface area contributed by atoms with Crippen molar-refractivity contribution >= 4 is 16.0 Å². The number of fused-ring (bicyclic) bond motifs is 1. The number of esters is 1. The van der Waals surface area contributed by atoms with E-state index in [1.54, 1.807) is 12.1 Å². The first kappa shape index (κ1) is 21.4. The summed E-state index contributed by atoms with van der Waals surface area (Å²) in [5.41, 5.74) is 0.0222. The topological polar surface area (TPSA) is 101 Å². The van der Waals surface area contributed by atoms with Crippen molar-refractivity contribution in [3.63, 3.8) is 0 Å². The molecule has 1 fully saturated rings. The fourth-order valence-electron chi connectivity index (χ4n) is 3.33. The number of rotatable bonds is 6. The molecule has 2 aliphatic heterocycles. The van der Waals surface area contributed by atoms with E-state index in [-0.39, 0.29) is 42.5 Å². The Morgan fingerprint density at radius 2 is 1.87 bits per heavy atom. The Hall–Kier alpha value is -2.82. The van der Waals surface area contributed by atoms with Crippen molar-refractivity contribution in [2.75, 3.05) is 46.6 Å². The van der Waals surface area contributed by atoms with E-state index in [4.69, 9.17) is 23.7 Å². The average Bonchev–Trinajstić information content (AvgIpc) is 2.82. The van der Waals surface area contributed by atoms with Crippen LogP contribution in [-0.2, 0) is 19.5 Å². The largest absolute Gasteiger partial charge is 0.496 e. The van der Waals surface area contributed by atoms with Gasteiger partial charge in [-0.25, -0.2) is 13.2 Å². The molecule has 2 aromatic rings. The fraction of sp³-hybridized carbons (Fsp3) is 0.381. The predicted molar refractivity (Wildman–Crippen MR) is 109 cm³/mol. The fourth-order valence-corrected chi connectivity index (χ4v) is 4.77. The Kier molecular flexibility index (Phi) is 6.30. The minimum atomic E-state index is -3.77. The summed E-state index contributed by atoms with van der Waals surface area (Å²) < 4.78 is 54.4. The van der Waals surface area contributed by atoms with Crippen molar-refractivity contribution < 1.29 is 36.9 Å². The number of para-hydroxylation sites is 2. The van der Waals surface area contributed by atoms with Crippen LogP contribution in [0.15, 0.2) is 47.4 Å². The Morgan fingerprint density at radius 3 is 2.61 bits per heavy atom. The van der Waals surface area contributed by atoms with Gasteiger partial charge in [-0.3, -0.25) is 0 Å². The van der Waals surface area contributed by atoms with Gasteiger partial charge < -0.3 is 23.7 Å². The van der Waals surface area contributed by atoms with Gasteiger partial charge in [-0.05, 0) is 30.3 Å². The summed E-state index contributed by atoms with van der Waals surface area (Å²) in [5.74, 6) is 0.717. The van der Waals surface area contributed by atoms with Crippen LogP contribution in [0.25, 0.3) is 0 Å². The van der Waals surface area contributed by atoms with Crippen molar-refractivity contribution in [1.29, 1.82) is 0 Å². The Balaban J connectivity index is 1.48. The second-order valence-corrected chi connectivity index (χ2v) is 8.91. The molecule has 10 heteroatoms. The van der Waals surface area contributed by atoms with Gasteiger partial charge in [0.25, 0.3) is 0 Å². The van der Waals surface area contributed by atoms with E-state index in [9.17, 15) is 13.2 Å². The molecule has 31 heavy (non-hydrogen) atoms. The van der Waals surface area contributed by atoms with Gasteiger partial charge >= 0.3 is 5.97 Å². The van der Waals surface area contributed by atoms with Gasteiger partial charge in [0.1, 0.15) is 24.5 Å². The summed E-state index contributed by atoms with van der Waals surface area (Å²) in [6, 6.07) is 11.4. The summed E-state index contributed by atoms with van der Waals surface area (Å²) in [4.78, 5) is 12.7. The van der Waals surface area contributed by atoms with Gasteiger partial charge in [0, 0.05) is 13.1 Å². The van der Waals surface area contributed by atoms with Gasteiger partial charge in [-0.15, -0.1) is 0 Å². The van der Waals surface area contributed by atoms with Crippen LogP contribution in [0, 0.1) is 0 Å². The van der Waals surface area contributed by atoms with Crippen LogP contribution >= 0.6 is 0 Å². The highest BCUT2D eigenvalue weighted by Crippen LogP contribution is 2.31. The van der Waals surface area contributed by atoms with Crippen molar-refractivity contribution in [1.82, 2.24) is 4.31 Å². The summed E-state index contributed by atoms with van der Waals surface area (Å²) in [6.45, 7) is 1.35. The highest BCUT2D eigenvalue weighted by molar-refractivity contribution is 7.89. The predicted octanol–water partition coefficient (Wildman–Crippen LogP) is 1.71. The number of methoxy groups -OCH3 is 1. The molecule has 1 unspecified atom stereocenters. The SMILES string of the molecule is COc1ccc(S(=O)(=O)N2CCOCC2)cc1C(=O)OCC1COc2ccccc2O1. The third-order valence-corrected chi connectivity index (χ3v) is 6.86. The quantitative estimate of drug-likeness (QED) is 0.615. The molecule has 2 heterocycles. The van der Waals surface area contributed by atoms with Crippen LogP contribution in [0.5, 0.6) is 17.2 Å². The molecule has 0 radical (unpaired) electrons. The van der Waals surface area contributed by atoms with E-state index in [0.717, 1.165) is 0 Å². The van der Waals surface area contributed by atoms with E-state index in [2.05, 4.69) is 0 Å². The zero-order valence-corrected chi connectivity index (χ0v) is 17.8. The number of hydrogen-bond donors (Lipinski definition) is 0. The number of hydrogen-bond acceptors (Lipinski definition) is 8. The number of carbonyl (C=O) groups is 1. The molecule has 0 spiro atoms. The third kappa shape index (κ3) is 4.60. The molecule has 4 rings (SSSR count). The van der Waals surface area contributed by atoms with Crippen molar-refractivity contribution in [3.05, 3.63) is 48.0 Å². The first-order valence-corrected chi connectivity index (χ1v) is 11.2. The van der Waals surface area contributed by atoms with Gasteiger partial charge in [-0.2, -0.15) is 4.31 Å². The first-order chi connectivity index (χ1) is 15.0. The van der Waals surface area contributed by atoms with E-state index in [1.165, 1.54) is 29.6 Å². The minimum absolute atomic E-state index is 0.00618. The van der Waals surface area contributed by atoms with Crippen molar-refractivity contribution in [3.8, 4) is 17.2 Å². The molecular formula is C21H23NO8S. The molecule has 0 aliphatic carbocycles. The maximum absolute atomic E-state index is 12.9. The molecule has 1 atom stereocenters. The maximum atomic E-state index is 12.9. The van der Waals surface area contributed by atoms with Crippen LogP contribution in [0.2, 0.25) is 0 Å². The number of morpholine rings is 1. The molecular weight excluding hydrogens is 426 g/mol. The average molecular weight is 449 g/mol. The van der Waals surface area contributed by atoms with Gasteiger partial charge in [0.15, 0.2) is 17.6 Å². The lowest BCUT2D eigenvalue weighted by Crippen LogP contribution is -2.40. The molecule has 2 aliphatic rings. The normalized spacial score (nSPS) is 18.9. The van der Waals surface area contributed by atoms with Crippen LogP contribution < -0.4 is 14.2 Å². The highest BCUT2D eigenvalue weighted by Gasteiger charge is 2.29. The molecule has 0 saturated carbocycles. The number of benzene rings is 2. The lowest BCUT2D eigenvalue weighted by molar-refractivity contribution is 0.0107. The van der Waals surface area contributed by atoms with E-state index in [0.29, 0.717) is 24.7 Å². The zero-order chi connectivity index (χ0) is 21.8. The molecule has 0 N–H and O–H groups in total. The van der Waals surface area contributed by atoms with Crippen molar-refractivity contribution in [2.45, 2.75) is 11.0 Å². The standard InChI is InChI=1S/C21H23NO8S/c1-26-18-7-6-16(31(24,25)22-8-10-27-11-9-22)12-17(18)21(23)29-14-15-13-28-19-4-2-3-5-20(19)30-15/h2-7,12,15H,8-11,13-14H2,1H3. The number of ether oxygens (including phenoxy) is 5. The molecule has 0 aromatic heterocycles. The van der Waals surface area contributed by atoms with Crippen LogP contribution in [0.1, 0.15) is 10.4 Å². The Morgan fingerprint density at radius 1 is 1.13 bits per heavy atom. The van der Waals surface area contributed by atoms with Crippen LogP contribution in [0.3, 0.4) is 0 Å². The summed E-state index contributed by atoms with van der Waals surface area (Å²) in [7, 11) is -2.37. The van der Waals surface area contributed by atoms with Gasteiger partial charge in [0.05, 0.1) is 25.2 Å². The Labute approximate surface area is 180 Å². The number of carbonyl (C=O) groups excluding carboxylic acids is 1. The minimum Gasteiger partial charge on any atom is -0.496 e. The van der Waals surface area contributed by atoms with E-state index in [1.807, 2.05) is 12.1 Å². The lowest BCUT2D eigenvalue weighted by atomic mass is 10.2. The summed E-state index contributed by atoms with van der Waals surface area (Å²) in [5, 5.41) is 0. The molecule has 166 valence electrons. The molecule has 9 nitrogen and oxygen atoms in total. The Bertz CT molecular complexity index is 1050. The second-order valence-electron chi connectivity index (χ2n) is 6.97. The smallest absolute Gasteiger partial charge is 0.342 e. The third-order valence-electron chi connectivity index (χ3n) is 4.97. The molecule has 1 saturated heterocycles. The second kappa shape index (κ2) is 9.13. The molecule has 2 aromatic carbocycles. The van der Waals surface area contributed by atoms with E-state index < -0.39 is 22.1 Å². The number of nitrogens with zero attached hydrogens (tertiary/aromatic N) is 1. The van der Waals surface area contributed by atoms with Crippen molar-refractivity contribution in [2.24, 2.45) is 0 Å². The van der Waals surface area contributed by atoms with E-state index >= 15 is 0 Å². The number of sulfonamides is 1. The van der Waals surface area contributed by atoms with Gasteiger partial charge in [0.2, 0.25) is 10.0 Å². The van der Waals surface area contributed by atoms with Crippen LogP contribution in [-0.4, -0.2) is 71.4 Å². The molecule has 0 amide bonds. The monoisotopic (exact) mass is 449 g/mol. The maximum Gasteiger partial charge on any atom is 0.342 e. The molecule has 0 bridgehead atoms. The van der Waals surface area contributed by atoms with Crippen LogP contribution in [0.4, 0.5) is 0 Å². The van der Waals surface area contributed by atoms with Gasteiger partial charge in [-0.1, -0.05) is 12.1 Å². The zero-order valence-electron chi connectivity index (χ0n) is 17.0. The summed E-state index contributed by atoms with van der Waals surface area (Å²) >= 11 is 0. The summed E-state index contributed by atoms with van der Waals surface area (Å²) in [6.07, 6.45) is -0.481. The first-order valence-electron chi connectivity index (χ1n) is 9.80. The highest BCUT2D eigenvalue weighted by atomic mass is 32.2. The lowest BCUT2D eigenvalue weighted by Gasteiger charge is -2.26.